The molecule has 0 bridgehead atoms. The molecule has 1 N–H and O–H groups in total. The molecule has 3 heterocycles. The number of anilines is 2. The Morgan fingerprint density at radius 1 is 1.35 bits per heavy atom. The Balaban J connectivity index is 1.79. The van der Waals surface area contributed by atoms with Crippen molar-refractivity contribution in [2.45, 2.75) is 38.9 Å². The average Bonchev–Trinajstić information content (AvgIpc) is 3.17. The summed E-state index contributed by atoms with van der Waals surface area (Å²) in [5.74, 6) is -0.243. The van der Waals surface area contributed by atoms with Crippen LogP contribution >= 0.6 is 11.6 Å². The summed E-state index contributed by atoms with van der Waals surface area (Å²) in [6, 6.07) is 8.84. The molecule has 10 heteroatoms. The number of rotatable bonds is 5. The van der Waals surface area contributed by atoms with E-state index in [4.69, 9.17) is 21.3 Å². The molecule has 1 aromatic carbocycles. The van der Waals surface area contributed by atoms with Crippen LogP contribution in [0.5, 0.6) is 0 Å². The van der Waals surface area contributed by atoms with Crippen LogP contribution in [0.25, 0.3) is 11.0 Å². The highest BCUT2D eigenvalue weighted by atomic mass is 35.5. The van der Waals surface area contributed by atoms with Crippen LogP contribution in [0.4, 0.5) is 15.9 Å². The van der Waals surface area contributed by atoms with E-state index in [1.165, 1.54) is 7.11 Å². The van der Waals surface area contributed by atoms with Crippen molar-refractivity contribution in [2.24, 2.45) is 0 Å². The van der Waals surface area contributed by atoms with Crippen LogP contribution < -0.4 is 10.2 Å². The molecule has 4 rings (SSSR count). The zero-order valence-corrected chi connectivity index (χ0v) is 20.1. The summed E-state index contributed by atoms with van der Waals surface area (Å²) >= 11 is 5.98. The van der Waals surface area contributed by atoms with Gasteiger partial charge in [0.15, 0.2) is 17.2 Å². The standard InChI is InChI=1S/C24H24ClFN6O2/c1-13-9-15(14(2)28-16-5-6-19(25)30-21(16)23(33)34-4)20-17(10-13)29-18(11-27)22(31-20)32-8-7-24(3,26)12-32/h5-6,9-10,14,28H,7-8,12H2,1-4H3/t14-,24-/m1/s1. The Bertz CT molecular complexity index is 1320. The Morgan fingerprint density at radius 3 is 2.76 bits per heavy atom. The third-order valence-corrected chi connectivity index (χ3v) is 6.04. The molecule has 0 radical (unpaired) electrons. The predicted molar refractivity (Wildman–Crippen MR) is 128 cm³/mol. The van der Waals surface area contributed by atoms with Gasteiger partial charge in [0, 0.05) is 18.5 Å². The fraction of sp³-hybridized carbons (Fsp3) is 0.375. The quantitative estimate of drug-likeness (QED) is 0.410. The summed E-state index contributed by atoms with van der Waals surface area (Å²) in [5.41, 5.74) is 2.23. The van der Waals surface area contributed by atoms with Gasteiger partial charge in [-0.15, -0.1) is 0 Å². The number of benzene rings is 1. The van der Waals surface area contributed by atoms with E-state index in [9.17, 15) is 14.4 Å². The minimum atomic E-state index is -1.35. The van der Waals surface area contributed by atoms with Gasteiger partial charge in [-0.05, 0) is 44.5 Å². The number of nitriles is 1. The highest BCUT2D eigenvalue weighted by Gasteiger charge is 2.35. The number of carbonyl (C=O) groups is 1. The minimum absolute atomic E-state index is 0.0663. The molecule has 2 atom stereocenters. The van der Waals surface area contributed by atoms with E-state index in [1.54, 1.807) is 24.0 Å². The van der Waals surface area contributed by atoms with Crippen molar-refractivity contribution in [3.8, 4) is 6.07 Å². The van der Waals surface area contributed by atoms with Gasteiger partial charge in [-0.25, -0.2) is 24.1 Å². The lowest BCUT2D eigenvalue weighted by molar-refractivity contribution is 0.0595. The number of methoxy groups -OCH3 is 1. The Morgan fingerprint density at radius 2 is 2.12 bits per heavy atom. The van der Waals surface area contributed by atoms with Crippen molar-refractivity contribution in [1.29, 1.82) is 5.26 Å². The SMILES string of the molecule is COC(=O)c1nc(Cl)ccc1N[C@H](C)c1cc(C)cc2nc(C#N)c(N3CC[C@@](C)(F)C3)nc12. The summed E-state index contributed by atoms with van der Waals surface area (Å²) in [5, 5.41) is 13.2. The van der Waals surface area contributed by atoms with Crippen LogP contribution in [-0.2, 0) is 4.74 Å². The first-order chi connectivity index (χ1) is 16.1. The van der Waals surface area contributed by atoms with Gasteiger partial charge in [0.2, 0.25) is 0 Å². The second kappa shape index (κ2) is 9.03. The number of alkyl halides is 1. The number of halogens is 2. The molecule has 1 aliphatic rings. The van der Waals surface area contributed by atoms with Crippen molar-refractivity contribution in [3.63, 3.8) is 0 Å². The fourth-order valence-electron chi connectivity index (χ4n) is 4.17. The van der Waals surface area contributed by atoms with Crippen LogP contribution in [0.1, 0.15) is 53.6 Å². The molecule has 0 saturated carbocycles. The lowest BCUT2D eigenvalue weighted by atomic mass is 10.0. The maximum atomic E-state index is 14.5. The largest absolute Gasteiger partial charge is 0.464 e. The molecule has 0 aliphatic carbocycles. The minimum Gasteiger partial charge on any atom is -0.464 e. The molecular weight excluding hydrogens is 459 g/mol. The molecule has 1 fully saturated rings. The van der Waals surface area contributed by atoms with Crippen molar-refractivity contribution in [3.05, 3.63) is 51.9 Å². The van der Waals surface area contributed by atoms with Crippen molar-refractivity contribution < 1.29 is 13.9 Å². The van der Waals surface area contributed by atoms with Crippen LogP contribution in [0.3, 0.4) is 0 Å². The third-order valence-electron chi connectivity index (χ3n) is 5.83. The van der Waals surface area contributed by atoms with Crippen LogP contribution in [0.2, 0.25) is 5.15 Å². The van der Waals surface area contributed by atoms with E-state index in [1.807, 2.05) is 26.0 Å². The first-order valence-electron chi connectivity index (χ1n) is 10.8. The monoisotopic (exact) mass is 482 g/mol. The number of ether oxygens (including phenoxy) is 1. The number of esters is 1. The highest BCUT2D eigenvalue weighted by molar-refractivity contribution is 6.29. The number of nitrogens with one attached hydrogen (secondary N) is 1. The Labute approximate surface area is 201 Å². The van der Waals surface area contributed by atoms with Gasteiger partial charge in [-0.1, -0.05) is 17.7 Å². The molecule has 0 spiro atoms. The Hall–Kier alpha value is -3.51. The maximum Gasteiger partial charge on any atom is 0.358 e. The molecule has 1 aliphatic heterocycles. The van der Waals surface area contributed by atoms with Gasteiger partial charge in [-0.3, -0.25) is 0 Å². The molecule has 176 valence electrons. The summed E-state index contributed by atoms with van der Waals surface area (Å²) < 4.78 is 19.4. The van der Waals surface area contributed by atoms with E-state index in [0.717, 1.165) is 11.1 Å². The summed E-state index contributed by atoms with van der Waals surface area (Å²) in [6.45, 7) is 5.99. The lowest BCUT2D eigenvalue weighted by Crippen LogP contribution is -2.27. The smallest absolute Gasteiger partial charge is 0.358 e. The molecule has 0 unspecified atom stereocenters. The van der Waals surface area contributed by atoms with E-state index < -0.39 is 11.6 Å². The first kappa shape index (κ1) is 23.6. The summed E-state index contributed by atoms with van der Waals surface area (Å²) in [4.78, 5) is 27.4. The average molecular weight is 483 g/mol. The number of nitrogens with zero attached hydrogens (tertiary/aromatic N) is 5. The zero-order chi connectivity index (χ0) is 24.6. The molecular formula is C24H24ClFN6O2. The molecule has 0 amide bonds. The van der Waals surface area contributed by atoms with Gasteiger partial charge in [0.25, 0.3) is 0 Å². The van der Waals surface area contributed by atoms with E-state index >= 15 is 0 Å². The molecule has 3 aromatic rings. The maximum absolute atomic E-state index is 14.5. The number of hydrogen-bond acceptors (Lipinski definition) is 8. The second-order valence-corrected chi connectivity index (χ2v) is 9.09. The normalized spacial score (nSPS) is 18.6. The van der Waals surface area contributed by atoms with E-state index in [0.29, 0.717) is 35.5 Å². The Kier molecular flexibility index (Phi) is 6.28. The second-order valence-electron chi connectivity index (χ2n) is 8.70. The van der Waals surface area contributed by atoms with Gasteiger partial charge in [0.05, 0.1) is 36.4 Å². The van der Waals surface area contributed by atoms with Gasteiger partial charge < -0.3 is 15.0 Å². The van der Waals surface area contributed by atoms with Crippen molar-refractivity contribution in [2.75, 3.05) is 30.4 Å². The number of pyridine rings is 1. The summed E-state index contributed by atoms with van der Waals surface area (Å²) in [7, 11) is 1.27. The molecule has 1 saturated heterocycles. The lowest BCUT2D eigenvalue weighted by Gasteiger charge is -2.22. The van der Waals surface area contributed by atoms with Crippen molar-refractivity contribution in [1.82, 2.24) is 15.0 Å². The van der Waals surface area contributed by atoms with E-state index in [2.05, 4.69) is 21.4 Å². The molecule has 8 nitrogen and oxygen atoms in total. The number of fused-ring (bicyclic) bond motifs is 1. The molecule has 34 heavy (non-hydrogen) atoms. The number of hydrogen-bond donors (Lipinski definition) is 1. The van der Waals surface area contributed by atoms with Gasteiger partial charge in [0.1, 0.15) is 16.9 Å². The molecule has 2 aromatic heterocycles. The number of aromatic nitrogens is 3. The summed E-state index contributed by atoms with van der Waals surface area (Å²) in [6.07, 6.45) is 0.357. The number of carbonyl (C=O) groups excluding carboxylic acids is 1. The fourth-order valence-corrected chi connectivity index (χ4v) is 4.32. The van der Waals surface area contributed by atoms with Gasteiger partial charge >= 0.3 is 5.97 Å². The third kappa shape index (κ3) is 4.59. The van der Waals surface area contributed by atoms with Crippen LogP contribution in [0.15, 0.2) is 24.3 Å². The van der Waals surface area contributed by atoms with Crippen LogP contribution in [0, 0.1) is 18.3 Å². The van der Waals surface area contributed by atoms with Crippen LogP contribution in [-0.4, -0.2) is 46.8 Å². The van der Waals surface area contributed by atoms with E-state index in [-0.39, 0.29) is 29.1 Å². The van der Waals surface area contributed by atoms with Crippen molar-refractivity contribution >= 4 is 40.1 Å². The highest BCUT2D eigenvalue weighted by Crippen LogP contribution is 2.33. The number of aryl methyl sites for hydroxylation is 1. The van der Waals surface area contributed by atoms with Gasteiger partial charge in [-0.2, -0.15) is 5.26 Å². The topological polar surface area (TPSA) is 104 Å². The zero-order valence-electron chi connectivity index (χ0n) is 19.3. The first-order valence-corrected chi connectivity index (χ1v) is 11.2. The predicted octanol–water partition coefficient (Wildman–Crippen LogP) is 4.76.